The van der Waals surface area contributed by atoms with Crippen LogP contribution in [0.2, 0.25) is 0 Å². The van der Waals surface area contributed by atoms with Crippen molar-refractivity contribution in [1.29, 1.82) is 0 Å². The summed E-state index contributed by atoms with van der Waals surface area (Å²) < 4.78 is 4.91. The fourth-order valence-electron chi connectivity index (χ4n) is 0.316. The first kappa shape index (κ1) is 7.48. The van der Waals surface area contributed by atoms with Crippen molar-refractivity contribution < 1.29 is 4.74 Å². The molecule has 8 heavy (non-hydrogen) atoms. The Balaban J connectivity index is 2.65. The summed E-state index contributed by atoms with van der Waals surface area (Å²) in [7, 11) is 0. The highest BCUT2D eigenvalue weighted by Crippen LogP contribution is 1.76. The number of hydrogen-bond acceptors (Lipinski definition) is 2. The second-order valence-electron chi connectivity index (χ2n) is 1.40. The summed E-state index contributed by atoms with van der Waals surface area (Å²) in [6.07, 6.45) is 5.80. The lowest BCUT2D eigenvalue weighted by atomic mass is 10.5. The van der Waals surface area contributed by atoms with Crippen LogP contribution in [0.5, 0.6) is 0 Å². The Morgan fingerprint density at radius 2 is 2.38 bits per heavy atom. The quantitative estimate of drug-likeness (QED) is 0.411. The predicted molar refractivity (Wildman–Crippen MR) is 33.3 cm³/mol. The molecular weight excluding hydrogens is 102 g/mol. The van der Waals surface area contributed by atoms with Crippen LogP contribution < -0.4 is 5.73 Å². The monoisotopic (exact) mass is 113 g/mol. The highest BCUT2D eigenvalue weighted by atomic mass is 16.5. The molecule has 0 amide bonds. The van der Waals surface area contributed by atoms with Gasteiger partial charge in [-0.25, -0.2) is 0 Å². The molecule has 0 aliphatic heterocycles. The third-order valence-corrected chi connectivity index (χ3v) is 0.678. The van der Waals surface area contributed by atoms with Crippen molar-refractivity contribution in [2.24, 2.45) is 5.73 Å². The molecule has 0 bridgehead atoms. The van der Waals surface area contributed by atoms with E-state index in [9.17, 15) is 0 Å². The van der Waals surface area contributed by atoms with E-state index in [4.69, 9.17) is 16.9 Å². The average molecular weight is 113 g/mol. The molecule has 0 saturated carbocycles. The molecule has 0 heterocycles. The molecule has 2 nitrogen and oxygen atoms in total. The molecule has 0 aromatic carbocycles. The van der Waals surface area contributed by atoms with Crippen LogP contribution in [0, 0.1) is 12.3 Å². The maximum absolute atomic E-state index is 5.18. The van der Waals surface area contributed by atoms with Gasteiger partial charge in [0.05, 0.1) is 0 Å². The number of nitrogens with two attached hydrogens (primary N) is 1. The molecule has 0 fully saturated rings. The first-order valence-electron chi connectivity index (χ1n) is 2.63. The van der Waals surface area contributed by atoms with Gasteiger partial charge < -0.3 is 10.5 Å². The van der Waals surface area contributed by atoms with E-state index in [0.717, 1.165) is 6.42 Å². The van der Waals surface area contributed by atoms with E-state index in [1.165, 1.54) is 0 Å². The van der Waals surface area contributed by atoms with E-state index >= 15 is 0 Å². The first-order chi connectivity index (χ1) is 3.91. The Kier molecular flexibility index (Phi) is 6.06. The standard InChI is InChI=1S/C6H11NO/c1-2-5-8-6-3-4-7/h1H,3-7H2. The molecule has 0 aromatic heterocycles. The Morgan fingerprint density at radius 1 is 1.62 bits per heavy atom. The van der Waals surface area contributed by atoms with Gasteiger partial charge in [0.25, 0.3) is 0 Å². The van der Waals surface area contributed by atoms with E-state index < -0.39 is 0 Å². The van der Waals surface area contributed by atoms with Crippen molar-refractivity contribution in [3.63, 3.8) is 0 Å². The first-order valence-corrected chi connectivity index (χ1v) is 2.63. The van der Waals surface area contributed by atoms with Gasteiger partial charge in [-0.05, 0) is 13.0 Å². The zero-order valence-corrected chi connectivity index (χ0v) is 4.89. The molecule has 0 spiro atoms. The largest absolute Gasteiger partial charge is 0.369 e. The fourth-order valence-corrected chi connectivity index (χ4v) is 0.316. The Morgan fingerprint density at radius 3 is 2.88 bits per heavy atom. The van der Waals surface area contributed by atoms with Gasteiger partial charge in [0.2, 0.25) is 0 Å². The minimum absolute atomic E-state index is 0.403. The van der Waals surface area contributed by atoms with Crippen LogP contribution >= 0.6 is 0 Å². The molecule has 2 heteroatoms. The summed E-state index contributed by atoms with van der Waals surface area (Å²) in [5.41, 5.74) is 5.18. The van der Waals surface area contributed by atoms with Crippen LogP contribution in [0.3, 0.4) is 0 Å². The number of ether oxygens (including phenoxy) is 1. The maximum atomic E-state index is 5.18. The molecule has 0 aliphatic rings. The van der Waals surface area contributed by atoms with E-state index in [0.29, 0.717) is 19.8 Å². The van der Waals surface area contributed by atoms with Gasteiger partial charge in [0.15, 0.2) is 0 Å². The molecule has 0 saturated heterocycles. The number of rotatable bonds is 4. The predicted octanol–water partition coefficient (Wildman–Crippen LogP) is -0.0150. The molecule has 2 N–H and O–H groups in total. The lowest BCUT2D eigenvalue weighted by Gasteiger charge is -1.94. The second-order valence-corrected chi connectivity index (χ2v) is 1.40. The zero-order chi connectivity index (χ0) is 6.24. The van der Waals surface area contributed by atoms with Gasteiger partial charge in [0, 0.05) is 6.61 Å². The molecule has 0 aromatic rings. The van der Waals surface area contributed by atoms with Crippen LogP contribution in [-0.2, 0) is 4.74 Å². The van der Waals surface area contributed by atoms with Crippen molar-refractivity contribution in [3.05, 3.63) is 0 Å². The minimum atomic E-state index is 0.403. The second kappa shape index (κ2) is 6.48. The van der Waals surface area contributed by atoms with Crippen molar-refractivity contribution in [2.45, 2.75) is 6.42 Å². The Bertz CT molecular complexity index is 75.1. The molecular formula is C6H11NO. The lowest BCUT2D eigenvalue weighted by Crippen LogP contribution is -2.04. The van der Waals surface area contributed by atoms with Crippen LogP contribution in [0.25, 0.3) is 0 Å². The summed E-state index contributed by atoms with van der Waals surface area (Å²) in [6, 6.07) is 0. The highest BCUT2D eigenvalue weighted by molar-refractivity contribution is 4.82. The van der Waals surface area contributed by atoms with Crippen molar-refractivity contribution >= 4 is 0 Å². The van der Waals surface area contributed by atoms with E-state index in [1.807, 2.05) is 0 Å². The Labute approximate surface area is 50.0 Å². The van der Waals surface area contributed by atoms with Gasteiger partial charge in [0.1, 0.15) is 6.61 Å². The molecule has 0 radical (unpaired) electrons. The number of terminal acetylenes is 1. The molecule has 46 valence electrons. The summed E-state index contributed by atoms with van der Waals surface area (Å²) >= 11 is 0. The Hall–Kier alpha value is -0.520. The van der Waals surface area contributed by atoms with Crippen LogP contribution in [0.1, 0.15) is 6.42 Å². The summed E-state index contributed by atoms with van der Waals surface area (Å²) in [5, 5.41) is 0. The normalized spacial score (nSPS) is 8.50. The van der Waals surface area contributed by atoms with Crippen LogP contribution in [0.4, 0.5) is 0 Å². The molecule has 0 rings (SSSR count). The SMILES string of the molecule is C#CCOCCCN. The molecule has 0 aliphatic carbocycles. The number of hydrogen-bond donors (Lipinski definition) is 1. The van der Waals surface area contributed by atoms with Crippen LogP contribution in [0.15, 0.2) is 0 Å². The lowest BCUT2D eigenvalue weighted by molar-refractivity contribution is 0.166. The van der Waals surface area contributed by atoms with Gasteiger partial charge >= 0.3 is 0 Å². The third kappa shape index (κ3) is 5.48. The van der Waals surface area contributed by atoms with Gasteiger partial charge in [-0.3, -0.25) is 0 Å². The highest BCUT2D eigenvalue weighted by Gasteiger charge is 1.80. The van der Waals surface area contributed by atoms with E-state index in [1.54, 1.807) is 0 Å². The smallest absolute Gasteiger partial charge is 0.107 e. The van der Waals surface area contributed by atoms with E-state index in [-0.39, 0.29) is 0 Å². The zero-order valence-electron chi connectivity index (χ0n) is 4.89. The fraction of sp³-hybridized carbons (Fsp3) is 0.667. The third-order valence-electron chi connectivity index (χ3n) is 0.678. The average Bonchev–Trinajstić information content (AvgIpc) is 1.81. The maximum Gasteiger partial charge on any atom is 0.107 e. The summed E-state index contributed by atoms with van der Waals surface area (Å²) in [4.78, 5) is 0. The minimum Gasteiger partial charge on any atom is -0.369 e. The van der Waals surface area contributed by atoms with Gasteiger partial charge in [-0.15, -0.1) is 6.42 Å². The van der Waals surface area contributed by atoms with Gasteiger partial charge in [-0.1, -0.05) is 5.92 Å². The van der Waals surface area contributed by atoms with E-state index in [2.05, 4.69) is 5.92 Å². The summed E-state index contributed by atoms with van der Waals surface area (Å²) in [6.45, 7) is 1.76. The molecule has 0 atom stereocenters. The van der Waals surface area contributed by atoms with Crippen LogP contribution in [-0.4, -0.2) is 19.8 Å². The van der Waals surface area contributed by atoms with Crippen molar-refractivity contribution in [2.75, 3.05) is 19.8 Å². The molecule has 0 unspecified atom stereocenters. The topological polar surface area (TPSA) is 35.2 Å². The van der Waals surface area contributed by atoms with Gasteiger partial charge in [-0.2, -0.15) is 0 Å². The summed E-state index contributed by atoms with van der Waals surface area (Å²) in [5.74, 6) is 2.36. The van der Waals surface area contributed by atoms with Crippen molar-refractivity contribution in [3.8, 4) is 12.3 Å². The van der Waals surface area contributed by atoms with Crippen molar-refractivity contribution in [1.82, 2.24) is 0 Å².